The number of hydrogen-bond donors (Lipinski definition) is 1. The second-order valence-corrected chi connectivity index (χ2v) is 4.90. The van der Waals surface area contributed by atoms with Gasteiger partial charge in [0.2, 0.25) is 0 Å². The molecule has 2 aliphatic rings. The molecule has 1 aromatic carbocycles. The van der Waals surface area contributed by atoms with Crippen molar-refractivity contribution in [3.05, 3.63) is 77.6 Å². The first-order valence-corrected chi connectivity index (χ1v) is 6.71. The van der Waals surface area contributed by atoms with Gasteiger partial charge in [0.15, 0.2) is 5.78 Å². The first-order valence-electron chi connectivity index (χ1n) is 6.71. The molecule has 0 atom stereocenters. The number of nitrogens with zero attached hydrogens (tertiary/aromatic N) is 1. The van der Waals surface area contributed by atoms with E-state index in [1.54, 1.807) is 30.4 Å². The molecule has 1 heterocycles. The molecule has 0 fully saturated rings. The van der Waals surface area contributed by atoms with E-state index in [0.29, 0.717) is 5.57 Å². The van der Waals surface area contributed by atoms with Crippen LogP contribution in [0.5, 0.6) is 5.75 Å². The normalized spacial score (nSPS) is 20.4. The molecule has 0 radical (unpaired) electrons. The summed E-state index contributed by atoms with van der Waals surface area (Å²) in [6.45, 7) is 0. The Morgan fingerprint density at radius 1 is 1.05 bits per heavy atom. The molecule has 104 valence electrons. The molecule has 3 heteroatoms. The minimum absolute atomic E-state index is 0.0000365. The zero-order valence-corrected chi connectivity index (χ0v) is 11.7. The number of hydrogen-bond acceptors (Lipinski definition) is 3. The zero-order valence-electron chi connectivity index (χ0n) is 11.7. The summed E-state index contributed by atoms with van der Waals surface area (Å²) in [5.74, 6) is 0.245. The molecular formula is C18H15NO2. The number of allylic oxidation sites excluding steroid dienone is 8. The molecular weight excluding hydrogens is 262 g/mol. The van der Waals surface area contributed by atoms with Crippen LogP contribution in [0.15, 0.2) is 72.0 Å². The van der Waals surface area contributed by atoms with Crippen LogP contribution < -0.4 is 4.90 Å². The van der Waals surface area contributed by atoms with Gasteiger partial charge in [-0.25, -0.2) is 0 Å². The number of carbonyl (C=O) groups excluding carboxylic acids is 1. The lowest BCUT2D eigenvalue weighted by Gasteiger charge is -2.26. The first-order chi connectivity index (χ1) is 10.2. The molecule has 3 nitrogen and oxygen atoms in total. The smallest absolute Gasteiger partial charge is 0.185 e. The third-order valence-electron chi connectivity index (χ3n) is 3.55. The van der Waals surface area contributed by atoms with Crippen LogP contribution in [0.3, 0.4) is 0 Å². The number of likely N-dealkylation sites (N-methyl/N-ethyl adjacent to an activating group) is 1. The monoisotopic (exact) mass is 277 g/mol. The highest BCUT2D eigenvalue weighted by molar-refractivity contribution is 6.07. The molecule has 0 aromatic heterocycles. The van der Waals surface area contributed by atoms with Crippen LogP contribution in [0, 0.1) is 0 Å². The largest absolute Gasteiger partial charge is 0.506 e. The Morgan fingerprint density at radius 3 is 2.67 bits per heavy atom. The average Bonchev–Trinajstić information content (AvgIpc) is 2.48. The minimum atomic E-state index is 0.0000365. The Morgan fingerprint density at radius 2 is 1.86 bits per heavy atom. The summed E-state index contributed by atoms with van der Waals surface area (Å²) < 4.78 is 0. The Hall–Kier alpha value is -2.81. The van der Waals surface area contributed by atoms with E-state index in [9.17, 15) is 9.90 Å². The maximum atomic E-state index is 11.7. The van der Waals surface area contributed by atoms with Crippen molar-refractivity contribution in [1.29, 1.82) is 0 Å². The fourth-order valence-electron chi connectivity index (χ4n) is 2.43. The Bertz CT molecular complexity index is 748. The summed E-state index contributed by atoms with van der Waals surface area (Å²) >= 11 is 0. The van der Waals surface area contributed by atoms with Crippen molar-refractivity contribution in [2.24, 2.45) is 0 Å². The SMILES string of the molecule is CN1/C(=C/C=C2\C=CC=CC2=O)C=Cc2cccc(O)c21. The van der Waals surface area contributed by atoms with E-state index in [4.69, 9.17) is 0 Å². The number of ketones is 1. The van der Waals surface area contributed by atoms with E-state index >= 15 is 0 Å². The third-order valence-corrected chi connectivity index (χ3v) is 3.55. The molecule has 21 heavy (non-hydrogen) atoms. The lowest BCUT2D eigenvalue weighted by atomic mass is 10.0. The van der Waals surface area contributed by atoms with Crippen LogP contribution >= 0.6 is 0 Å². The van der Waals surface area contributed by atoms with Gasteiger partial charge in [-0.05, 0) is 30.4 Å². The molecule has 1 aliphatic heterocycles. The summed E-state index contributed by atoms with van der Waals surface area (Å²) in [5.41, 5.74) is 3.30. The van der Waals surface area contributed by atoms with Crippen molar-refractivity contribution in [1.82, 2.24) is 0 Å². The van der Waals surface area contributed by atoms with E-state index in [0.717, 1.165) is 16.9 Å². The second-order valence-electron chi connectivity index (χ2n) is 4.90. The summed E-state index contributed by atoms with van der Waals surface area (Å²) in [7, 11) is 1.89. The van der Waals surface area contributed by atoms with Crippen molar-refractivity contribution in [3.8, 4) is 5.75 Å². The Balaban J connectivity index is 1.95. The van der Waals surface area contributed by atoms with Gasteiger partial charge in [-0.2, -0.15) is 0 Å². The van der Waals surface area contributed by atoms with Crippen LogP contribution in [0.1, 0.15) is 5.56 Å². The number of phenolic OH excluding ortho intramolecular Hbond substituents is 1. The van der Waals surface area contributed by atoms with Gasteiger partial charge in [-0.3, -0.25) is 4.79 Å². The van der Waals surface area contributed by atoms with Gasteiger partial charge in [0.25, 0.3) is 0 Å². The highest BCUT2D eigenvalue weighted by Gasteiger charge is 2.16. The molecule has 0 amide bonds. The highest BCUT2D eigenvalue weighted by atomic mass is 16.3. The number of phenols is 1. The molecule has 1 aromatic rings. The number of fused-ring (bicyclic) bond motifs is 1. The summed E-state index contributed by atoms with van der Waals surface area (Å²) in [4.78, 5) is 13.6. The quantitative estimate of drug-likeness (QED) is 0.800. The number of aromatic hydroxyl groups is 1. The average molecular weight is 277 g/mol. The first kappa shape index (κ1) is 13.2. The van der Waals surface area contributed by atoms with Gasteiger partial charge in [-0.1, -0.05) is 36.4 Å². The maximum Gasteiger partial charge on any atom is 0.185 e. The van der Waals surface area contributed by atoms with Gasteiger partial charge in [0.05, 0.1) is 5.69 Å². The second kappa shape index (κ2) is 5.29. The molecule has 3 rings (SSSR count). The van der Waals surface area contributed by atoms with Gasteiger partial charge < -0.3 is 10.0 Å². The van der Waals surface area contributed by atoms with E-state index < -0.39 is 0 Å². The standard InChI is InChI=1S/C18H15NO2/c1-19-15(11-9-13-5-2-3-7-16(13)20)12-10-14-6-4-8-17(21)18(14)19/h2-12,21H,1H3/b13-9+,15-11+. The number of anilines is 1. The van der Waals surface area contributed by atoms with Crippen LogP contribution in [0.25, 0.3) is 6.08 Å². The highest BCUT2D eigenvalue weighted by Crippen LogP contribution is 2.36. The molecule has 0 saturated carbocycles. The molecule has 0 spiro atoms. The van der Waals surface area contributed by atoms with E-state index in [1.807, 2.05) is 48.4 Å². The van der Waals surface area contributed by atoms with Crippen LogP contribution in [0.2, 0.25) is 0 Å². The number of rotatable bonds is 1. The van der Waals surface area contributed by atoms with E-state index in [1.165, 1.54) is 0 Å². The predicted octanol–water partition coefficient (Wildman–Crippen LogP) is 3.36. The Labute approximate surface area is 123 Å². The van der Waals surface area contributed by atoms with Gasteiger partial charge in [-0.15, -0.1) is 0 Å². The topological polar surface area (TPSA) is 40.5 Å². The molecule has 0 saturated heterocycles. The number of benzene rings is 1. The van der Waals surface area contributed by atoms with Gasteiger partial charge in [0, 0.05) is 23.9 Å². The summed E-state index contributed by atoms with van der Waals surface area (Å²) in [6, 6.07) is 5.44. The van der Waals surface area contributed by atoms with Crippen molar-refractivity contribution in [2.45, 2.75) is 0 Å². The van der Waals surface area contributed by atoms with Gasteiger partial charge in [0.1, 0.15) is 5.75 Å². The van der Waals surface area contributed by atoms with Crippen molar-refractivity contribution < 1.29 is 9.90 Å². The molecule has 0 unspecified atom stereocenters. The molecule has 1 N–H and O–H groups in total. The predicted molar refractivity (Wildman–Crippen MR) is 85.0 cm³/mol. The van der Waals surface area contributed by atoms with E-state index in [-0.39, 0.29) is 11.5 Å². The summed E-state index contributed by atoms with van der Waals surface area (Å²) in [5, 5.41) is 10.0. The maximum absolute atomic E-state index is 11.7. The van der Waals surface area contributed by atoms with Gasteiger partial charge >= 0.3 is 0 Å². The van der Waals surface area contributed by atoms with Crippen molar-refractivity contribution in [3.63, 3.8) is 0 Å². The fraction of sp³-hybridized carbons (Fsp3) is 0.0556. The third kappa shape index (κ3) is 2.46. The lowest BCUT2D eigenvalue weighted by molar-refractivity contribution is -0.111. The molecule has 0 bridgehead atoms. The van der Waals surface area contributed by atoms with Crippen LogP contribution in [-0.2, 0) is 4.79 Å². The fourth-order valence-corrected chi connectivity index (χ4v) is 2.43. The lowest BCUT2D eigenvalue weighted by Crippen LogP contribution is -2.18. The Kier molecular flexibility index (Phi) is 3.32. The molecule has 1 aliphatic carbocycles. The van der Waals surface area contributed by atoms with Crippen LogP contribution in [-0.4, -0.2) is 17.9 Å². The number of carbonyl (C=O) groups is 1. The van der Waals surface area contributed by atoms with Crippen LogP contribution in [0.4, 0.5) is 5.69 Å². The minimum Gasteiger partial charge on any atom is -0.506 e. The zero-order chi connectivity index (χ0) is 14.8. The number of para-hydroxylation sites is 1. The van der Waals surface area contributed by atoms with E-state index in [2.05, 4.69) is 0 Å². The van der Waals surface area contributed by atoms with Crippen molar-refractivity contribution >= 4 is 17.5 Å². The summed E-state index contributed by atoms with van der Waals surface area (Å²) in [6.07, 6.45) is 14.5. The van der Waals surface area contributed by atoms with Crippen molar-refractivity contribution in [2.75, 3.05) is 11.9 Å².